The second-order valence-electron chi connectivity index (χ2n) is 5.99. The summed E-state index contributed by atoms with van der Waals surface area (Å²) in [6.07, 6.45) is 1.97. The number of quaternary nitrogens is 1. The molecule has 3 nitrogen and oxygen atoms in total. The zero-order valence-corrected chi connectivity index (χ0v) is 15.9. The highest BCUT2D eigenvalue weighted by molar-refractivity contribution is 7.10. The molecule has 0 unspecified atom stereocenters. The third-order valence-corrected chi connectivity index (χ3v) is 5.91. The number of amides is 1. The van der Waals surface area contributed by atoms with Gasteiger partial charge in [-0.15, -0.1) is 11.3 Å². The average Bonchev–Trinajstić information content (AvgIpc) is 3.03. The molecule has 1 aromatic heterocycles. The molecular formula is C18H21Cl2N2OS+. The van der Waals surface area contributed by atoms with E-state index in [9.17, 15) is 4.79 Å². The Hall–Kier alpha value is -1.07. The number of thiophene rings is 1. The van der Waals surface area contributed by atoms with E-state index in [1.807, 2.05) is 17.0 Å². The Kier molecular flexibility index (Phi) is 5.82. The van der Waals surface area contributed by atoms with Crippen molar-refractivity contribution in [2.45, 2.75) is 25.8 Å². The summed E-state index contributed by atoms with van der Waals surface area (Å²) in [5, 5.41) is 5.39. The summed E-state index contributed by atoms with van der Waals surface area (Å²) >= 11 is 14.3. The minimum absolute atomic E-state index is 0.118. The molecule has 2 aromatic rings. The first kappa shape index (κ1) is 17.7. The van der Waals surface area contributed by atoms with Crippen LogP contribution in [0, 0.1) is 0 Å². The van der Waals surface area contributed by atoms with Crippen molar-refractivity contribution >= 4 is 40.4 Å². The zero-order valence-electron chi connectivity index (χ0n) is 13.6. The Morgan fingerprint density at radius 3 is 2.92 bits per heavy atom. The van der Waals surface area contributed by atoms with Gasteiger partial charge in [0.2, 0.25) is 0 Å². The first-order valence-electron chi connectivity index (χ1n) is 8.24. The number of hydrogen-bond acceptors (Lipinski definition) is 2. The monoisotopic (exact) mass is 383 g/mol. The van der Waals surface area contributed by atoms with Gasteiger partial charge in [-0.2, -0.15) is 0 Å². The van der Waals surface area contributed by atoms with Crippen LogP contribution in [-0.2, 0) is 11.2 Å². The third-order valence-electron chi connectivity index (χ3n) is 4.36. The van der Waals surface area contributed by atoms with E-state index in [4.69, 9.17) is 23.2 Å². The van der Waals surface area contributed by atoms with E-state index in [-0.39, 0.29) is 11.9 Å². The van der Waals surface area contributed by atoms with Crippen molar-refractivity contribution in [3.63, 3.8) is 0 Å². The molecule has 0 aliphatic carbocycles. The van der Waals surface area contributed by atoms with Gasteiger partial charge in [-0.25, -0.2) is 0 Å². The molecule has 2 heterocycles. The number of nitrogens with two attached hydrogens (primary N) is 1. The normalized spacial score (nSPS) is 17.0. The van der Waals surface area contributed by atoms with Crippen molar-refractivity contribution in [2.24, 2.45) is 0 Å². The Morgan fingerprint density at radius 1 is 1.33 bits per heavy atom. The molecule has 1 aromatic carbocycles. The average molecular weight is 384 g/mol. The Labute approximate surface area is 156 Å². The Morgan fingerprint density at radius 2 is 2.17 bits per heavy atom. The highest BCUT2D eigenvalue weighted by atomic mass is 35.5. The van der Waals surface area contributed by atoms with Crippen LogP contribution in [-0.4, -0.2) is 30.4 Å². The van der Waals surface area contributed by atoms with Gasteiger partial charge >= 0.3 is 0 Å². The predicted molar refractivity (Wildman–Crippen MR) is 100.0 cm³/mol. The van der Waals surface area contributed by atoms with Crippen LogP contribution in [0.4, 0.5) is 0 Å². The number of fused-ring (bicyclic) bond motifs is 1. The van der Waals surface area contributed by atoms with Crippen molar-refractivity contribution < 1.29 is 10.1 Å². The second kappa shape index (κ2) is 7.87. The van der Waals surface area contributed by atoms with E-state index in [1.54, 1.807) is 17.4 Å². The van der Waals surface area contributed by atoms with Crippen LogP contribution >= 0.6 is 34.5 Å². The Balaban J connectivity index is 1.95. The quantitative estimate of drug-likeness (QED) is 0.788. The van der Waals surface area contributed by atoms with Crippen LogP contribution in [0.15, 0.2) is 29.6 Å². The predicted octanol–water partition coefficient (Wildman–Crippen LogP) is 3.50. The lowest BCUT2D eigenvalue weighted by Crippen LogP contribution is -2.86. The molecule has 1 atom stereocenters. The van der Waals surface area contributed by atoms with Crippen LogP contribution in [0.3, 0.4) is 0 Å². The van der Waals surface area contributed by atoms with Crippen molar-refractivity contribution in [3.05, 3.63) is 55.7 Å². The molecule has 0 saturated heterocycles. The molecule has 0 saturated carbocycles. The van der Waals surface area contributed by atoms with Gasteiger partial charge in [0, 0.05) is 21.5 Å². The molecule has 0 radical (unpaired) electrons. The van der Waals surface area contributed by atoms with Gasteiger partial charge in [0.25, 0.3) is 5.91 Å². The minimum atomic E-state index is -0.118. The van der Waals surface area contributed by atoms with Gasteiger partial charge in [-0.05, 0) is 47.5 Å². The number of rotatable bonds is 5. The van der Waals surface area contributed by atoms with Gasteiger partial charge in [0.1, 0.15) is 0 Å². The lowest BCUT2D eigenvalue weighted by molar-refractivity contribution is -0.644. The summed E-state index contributed by atoms with van der Waals surface area (Å²) in [5.41, 5.74) is 2.14. The maximum Gasteiger partial charge on any atom is 0.278 e. The number of carbonyl (C=O) groups excluding carboxylic acids is 1. The molecule has 1 amide bonds. The molecule has 0 spiro atoms. The van der Waals surface area contributed by atoms with Crippen molar-refractivity contribution in [3.8, 4) is 0 Å². The van der Waals surface area contributed by atoms with Crippen molar-refractivity contribution in [1.29, 1.82) is 0 Å². The van der Waals surface area contributed by atoms with Gasteiger partial charge in [0.05, 0.1) is 12.6 Å². The summed E-state index contributed by atoms with van der Waals surface area (Å²) in [6, 6.07) is 7.54. The fourth-order valence-corrected chi connectivity index (χ4v) is 4.61. The fraction of sp³-hybridized carbons (Fsp3) is 0.389. The van der Waals surface area contributed by atoms with Crippen LogP contribution in [0.2, 0.25) is 10.0 Å². The number of benzene rings is 1. The maximum atomic E-state index is 12.8. The van der Waals surface area contributed by atoms with Crippen LogP contribution in [0.1, 0.15) is 35.4 Å². The molecule has 1 aliphatic rings. The lowest BCUT2D eigenvalue weighted by Gasteiger charge is -2.36. The zero-order chi connectivity index (χ0) is 17.1. The SMILES string of the molecule is CCC[NH2+]CC(=O)N1CCc2sccc2[C@@H]1c1ccc(Cl)cc1Cl. The molecule has 3 rings (SSSR count). The van der Waals surface area contributed by atoms with E-state index >= 15 is 0 Å². The Bertz CT molecular complexity index is 732. The van der Waals surface area contributed by atoms with Gasteiger partial charge in [-0.1, -0.05) is 36.2 Å². The molecule has 2 N–H and O–H groups in total. The largest absolute Gasteiger partial charge is 0.338 e. The van der Waals surface area contributed by atoms with E-state index in [0.717, 1.165) is 31.5 Å². The molecule has 0 bridgehead atoms. The van der Waals surface area contributed by atoms with Gasteiger partial charge in [-0.3, -0.25) is 4.79 Å². The molecule has 24 heavy (non-hydrogen) atoms. The summed E-state index contributed by atoms with van der Waals surface area (Å²) in [6.45, 7) is 4.30. The minimum Gasteiger partial charge on any atom is -0.338 e. The summed E-state index contributed by atoms with van der Waals surface area (Å²) in [4.78, 5) is 16.1. The summed E-state index contributed by atoms with van der Waals surface area (Å²) in [5.74, 6) is 0.163. The third kappa shape index (κ3) is 3.62. The van der Waals surface area contributed by atoms with Gasteiger partial charge in [0.15, 0.2) is 6.54 Å². The van der Waals surface area contributed by atoms with E-state index in [2.05, 4.69) is 23.7 Å². The molecule has 6 heteroatoms. The first-order valence-corrected chi connectivity index (χ1v) is 9.87. The number of carbonyl (C=O) groups is 1. The lowest BCUT2D eigenvalue weighted by atomic mass is 9.93. The number of hydrogen-bond donors (Lipinski definition) is 1. The molecule has 128 valence electrons. The van der Waals surface area contributed by atoms with E-state index in [0.29, 0.717) is 16.6 Å². The van der Waals surface area contributed by atoms with Crippen molar-refractivity contribution in [1.82, 2.24) is 4.90 Å². The maximum absolute atomic E-state index is 12.8. The van der Waals surface area contributed by atoms with Crippen LogP contribution in [0.5, 0.6) is 0 Å². The second-order valence-corrected chi connectivity index (χ2v) is 7.83. The highest BCUT2D eigenvalue weighted by Gasteiger charge is 2.34. The number of nitrogens with zero attached hydrogens (tertiary/aromatic N) is 1. The standard InChI is InChI=1S/C18H20Cl2N2OS/c1-2-7-21-11-17(23)22-8-5-16-14(6-9-24-16)18(22)13-4-3-12(19)10-15(13)20/h3-4,6,9-10,18,21H,2,5,7-8,11H2,1H3/p+1/t18-/m0/s1. The first-order chi connectivity index (χ1) is 11.6. The molecular weight excluding hydrogens is 363 g/mol. The molecule has 1 aliphatic heterocycles. The topological polar surface area (TPSA) is 36.9 Å². The van der Waals surface area contributed by atoms with E-state index < -0.39 is 0 Å². The fourth-order valence-electron chi connectivity index (χ4n) is 3.19. The molecule has 0 fully saturated rings. The highest BCUT2D eigenvalue weighted by Crippen LogP contribution is 2.40. The number of halogens is 2. The summed E-state index contributed by atoms with van der Waals surface area (Å²) < 4.78 is 0. The van der Waals surface area contributed by atoms with Gasteiger partial charge < -0.3 is 10.2 Å². The summed E-state index contributed by atoms with van der Waals surface area (Å²) in [7, 11) is 0. The smallest absolute Gasteiger partial charge is 0.278 e. The van der Waals surface area contributed by atoms with E-state index in [1.165, 1.54) is 10.4 Å². The van der Waals surface area contributed by atoms with Crippen LogP contribution < -0.4 is 5.32 Å². The van der Waals surface area contributed by atoms with Crippen molar-refractivity contribution in [2.75, 3.05) is 19.6 Å². The van der Waals surface area contributed by atoms with Crippen LogP contribution in [0.25, 0.3) is 0 Å².